The van der Waals surface area contributed by atoms with Crippen molar-refractivity contribution in [1.29, 1.82) is 0 Å². The van der Waals surface area contributed by atoms with Gasteiger partial charge in [0, 0.05) is 10.7 Å². The van der Waals surface area contributed by atoms with E-state index in [4.69, 9.17) is 22.1 Å². The molecule has 0 aromatic heterocycles. The Labute approximate surface area is 107 Å². The van der Waals surface area contributed by atoms with Gasteiger partial charge < -0.3 is 10.5 Å². The van der Waals surface area contributed by atoms with E-state index in [1.807, 2.05) is 0 Å². The van der Waals surface area contributed by atoms with Crippen LogP contribution in [0, 0.1) is 5.92 Å². The average molecular weight is 256 g/mol. The van der Waals surface area contributed by atoms with Gasteiger partial charge in [-0.3, -0.25) is 0 Å². The maximum Gasteiger partial charge on any atom is 0.338 e. The summed E-state index contributed by atoms with van der Waals surface area (Å²) in [6.07, 6.45) is 1.92. The molecule has 94 valence electrons. The molecule has 0 aliphatic heterocycles. The van der Waals surface area contributed by atoms with E-state index >= 15 is 0 Å². The van der Waals surface area contributed by atoms with Crippen LogP contribution >= 0.6 is 11.6 Å². The van der Waals surface area contributed by atoms with Crippen LogP contribution in [-0.2, 0) is 4.74 Å². The smallest absolute Gasteiger partial charge is 0.338 e. The summed E-state index contributed by atoms with van der Waals surface area (Å²) in [6, 6.07) is 4.72. The second-order valence-corrected chi connectivity index (χ2v) is 4.88. The maximum absolute atomic E-state index is 11.7. The van der Waals surface area contributed by atoms with Crippen molar-refractivity contribution in [3.63, 3.8) is 0 Å². The van der Waals surface area contributed by atoms with Gasteiger partial charge in [-0.25, -0.2) is 4.79 Å². The minimum atomic E-state index is -0.372. The zero-order valence-corrected chi connectivity index (χ0v) is 11.0. The third-order valence-electron chi connectivity index (χ3n) is 2.31. The number of rotatable bonds is 5. The summed E-state index contributed by atoms with van der Waals surface area (Å²) >= 11 is 5.81. The molecule has 4 heteroatoms. The highest BCUT2D eigenvalue weighted by Crippen LogP contribution is 2.17. The molecule has 0 aliphatic rings. The molecule has 0 saturated heterocycles. The van der Waals surface area contributed by atoms with Crippen molar-refractivity contribution in [3.8, 4) is 0 Å². The summed E-state index contributed by atoms with van der Waals surface area (Å²) in [5.74, 6) is 0.249. The molecule has 0 saturated carbocycles. The van der Waals surface area contributed by atoms with Crippen molar-refractivity contribution < 1.29 is 9.53 Å². The van der Waals surface area contributed by atoms with Crippen molar-refractivity contribution in [1.82, 2.24) is 0 Å². The molecule has 0 spiro atoms. The largest absolute Gasteiger partial charge is 0.462 e. The predicted octanol–water partition coefficient (Wildman–Crippen LogP) is 3.52. The van der Waals surface area contributed by atoms with Gasteiger partial charge in [0.25, 0.3) is 0 Å². The van der Waals surface area contributed by atoms with E-state index in [1.54, 1.807) is 18.2 Å². The maximum atomic E-state index is 11.7. The topological polar surface area (TPSA) is 52.3 Å². The van der Waals surface area contributed by atoms with E-state index in [-0.39, 0.29) is 5.97 Å². The predicted molar refractivity (Wildman–Crippen MR) is 70.2 cm³/mol. The average Bonchev–Trinajstić information content (AvgIpc) is 2.22. The van der Waals surface area contributed by atoms with Crippen molar-refractivity contribution >= 4 is 23.3 Å². The van der Waals surface area contributed by atoms with Crippen molar-refractivity contribution in [3.05, 3.63) is 28.8 Å². The Morgan fingerprint density at radius 2 is 2.12 bits per heavy atom. The lowest BCUT2D eigenvalue weighted by atomic mass is 10.1. The first kappa shape index (κ1) is 13.8. The number of nitrogen functional groups attached to an aromatic ring is 1. The molecular formula is C13H18ClNO2. The normalized spacial score (nSPS) is 10.6. The molecule has 0 unspecified atom stereocenters. The van der Waals surface area contributed by atoms with Gasteiger partial charge in [0.15, 0.2) is 0 Å². The van der Waals surface area contributed by atoms with Crippen LogP contribution in [0.4, 0.5) is 5.69 Å². The van der Waals surface area contributed by atoms with Crippen LogP contribution < -0.4 is 5.73 Å². The number of carbonyl (C=O) groups is 1. The molecule has 17 heavy (non-hydrogen) atoms. The van der Waals surface area contributed by atoms with Crippen LogP contribution in [0.25, 0.3) is 0 Å². The summed E-state index contributed by atoms with van der Waals surface area (Å²) in [4.78, 5) is 11.7. The second kappa shape index (κ2) is 6.50. The van der Waals surface area contributed by atoms with E-state index in [0.717, 1.165) is 12.8 Å². The quantitative estimate of drug-likeness (QED) is 0.498. The number of carbonyl (C=O) groups excluding carboxylic acids is 1. The third-order valence-corrected chi connectivity index (χ3v) is 2.53. The van der Waals surface area contributed by atoms with E-state index in [2.05, 4.69) is 13.8 Å². The first-order valence-corrected chi connectivity index (χ1v) is 6.10. The van der Waals surface area contributed by atoms with Gasteiger partial charge in [-0.05, 0) is 37.0 Å². The monoisotopic (exact) mass is 255 g/mol. The van der Waals surface area contributed by atoms with Gasteiger partial charge >= 0.3 is 5.97 Å². The fraction of sp³-hybridized carbons (Fsp3) is 0.462. The fourth-order valence-corrected chi connectivity index (χ4v) is 1.71. The lowest BCUT2D eigenvalue weighted by Crippen LogP contribution is -2.07. The summed E-state index contributed by atoms with van der Waals surface area (Å²) in [7, 11) is 0. The molecule has 1 aromatic carbocycles. The Hall–Kier alpha value is -1.22. The number of nitrogens with two attached hydrogens (primary N) is 1. The SMILES string of the molecule is CC(C)CCCOC(=O)c1cc(N)cc(Cl)c1. The lowest BCUT2D eigenvalue weighted by molar-refractivity contribution is 0.0495. The Morgan fingerprint density at radius 1 is 1.41 bits per heavy atom. The molecule has 0 amide bonds. The van der Waals surface area contributed by atoms with Gasteiger partial charge in [-0.15, -0.1) is 0 Å². The van der Waals surface area contributed by atoms with E-state index in [0.29, 0.717) is 28.8 Å². The van der Waals surface area contributed by atoms with Crippen LogP contribution in [0.3, 0.4) is 0 Å². The van der Waals surface area contributed by atoms with Gasteiger partial charge in [-0.2, -0.15) is 0 Å². The highest BCUT2D eigenvalue weighted by Gasteiger charge is 2.08. The second-order valence-electron chi connectivity index (χ2n) is 4.45. The number of benzene rings is 1. The minimum absolute atomic E-state index is 0.372. The number of hydrogen-bond donors (Lipinski definition) is 1. The van der Waals surface area contributed by atoms with Crippen molar-refractivity contribution in [2.45, 2.75) is 26.7 Å². The molecule has 3 nitrogen and oxygen atoms in total. The zero-order chi connectivity index (χ0) is 12.8. The molecule has 1 aromatic rings. The summed E-state index contributed by atoms with van der Waals surface area (Å²) in [5, 5.41) is 0.444. The van der Waals surface area contributed by atoms with E-state index in [1.165, 1.54) is 0 Å². The number of anilines is 1. The van der Waals surface area contributed by atoms with Crippen LogP contribution in [0.5, 0.6) is 0 Å². The van der Waals surface area contributed by atoms with Gasteiger partial charge in [0.1, 0.15) is 0 Å². The molecule has 0 heterocycles. The highest BCUT2D eigenvalue weighted by atomic mass is 35.5. The number of ether oxygens (including phenoxy) is 1. The standard InChI is InChI=1S/C13H18ClNO2/c1-9(2)4-3-5-17-13(16)10-6-11(14)8-12(15)7-10/h6-9H,3-5,15H2,1-2H3. The molecule has 1 rings (SSSR count). The molecule has 0 bridgehead atoms. The van der Waals surface area contributed by atoms with Crippen molar-refractivity contribution in [2.75, 3.05) is 12.3 Å². The first-order chi connectivity index (χ1) is 7.99. The molecule has 0 atom stereocenters. The Morgan fingerprint density at radius 3 is 2.71 bits per heavy atom. The summed E-state index contributed by atoms with van der Waals surface area (Å²) < 4.78 is 5.14. The Kier molecular flexibility index (Phi) is 5.29. The molecule has 0 aliphatic carbocycles. The lowest BCUT2D eigenvalue weighted by Gasteiger charge is -2.07. The molecular weight excluding hydrogens is 238 g/mol. The van der Waals surface area contributed by atoms with Crippen LogP contribution in [0.1, 0.15) is 37.0 Å². The highest BCUT2D eigenvalue weighted by molar-refractivity contribution is 6.31. The zero-order valence-electron chi connectivity index (χ0n) is 10.2. The van der Waals surface area contributed by atoms with Crippen LogP contribution in [0.2, 0.25) is 5.02 Å². The minimum Gasteiger partial charge on any atom is -0.462 e. The number of esters is 1. The number of halogens is 1. The Balaban J connectivity index is 2.47. The molecule has 0 fully saturated rings. The molecule has 2 N–H and O–H groups in total. The van der Waals surface area contributed by atoms with Gasteiger partial charge in [0.2, 0.25) is 0 Å². The third kappa shape index (κ3) is 5.09. The number of hydrogen-bond acceptors (Lipinski definition) is 3. The van der Waals surface area contributed by atoms with Gasteiger partial charge in [0.05, 0.1) is 12.2 Å². The first-order valence-electron chi connectivity index (χ1n) is 5.72. The summed E-state index contributed by atoms with van der Waals surface area (Å²) in [6.45, 7) is 4.71. The van der Waals surface area contributed by atoms with Crippen molar-refractivity contribution in [2.24, 2.45) is 5.92 Å². The van der Waals surface area contributed by atoms with E-state index < -0.39 is 0 Å². The summed E-state index contributed by atoms with van der Waals surface area (Å²) in [5.41, 5.74) is 6.47. The van der Waals surface area contributed by atoms with E-state index in [9.17, 15) is 4.79 Å². The van der Waals surface area contributed by atoms with Crippen LogP contribution in [-0.4, -0.2) is 12.6 Å². The fourth-order valence-electron chi connectivity index (χ4n) is 1.47. The Bertz CT molecular complexity index is 371. The molecule has 0 radical (unpaired) electrons. The van der Waals surface area contributed by atoms with Crippen LogP contribution in [0.15, 0.2) is 18.2 Å². The van der Waals surface area contributed by atoms with Gasteiger partial charge in [-0.1, -0.05) is 25.4 Å².